The van der Waals surface area contributed by atoms with Crippen LogP contribution < -0.4 is 5.32 Å². The van der Waals surface area contributed by atoms with Crippen molar-refractivity contribution in [2.75, 3.05) is 26.0 Å². The molecule has 0 saturated carbocycles. The molecule has 0 aliphatic carbocycles. The zero-order valence-corrected chi connectivity index (χ0v) is 13.5. The Bertz CT molecular complexity index is 530. The Morgan fingerprint density at radius 2 is 2.05 bits per heavy atom. The molecule has 0 unspecified atom stereocenters. The van der Waals surface area contributed by atoms with Crippen molar-refractivity contribution in [3.63, 3.8) is 0 Å². The highest BCUT2D eigenvalue weighted by Gasteiger charge is 2.14. The van der Waals surface area contributed by atoms with E-state index in [0.29, 0.717) is 0 Å². The van der Waals surface area contributed by atoms with Crippen molar-refractivity contribution >= 4 is 27.8 Å². The zero-order chi connectivity index (χ0) is 13.8. The second kappa shape index (κ2) is 6.45. The monoisotopic (exact) mass is 296 g/mol. The van der Waals surface area contributed by atoms with E-state index in [4.69, 9.17) is 4.98 Å². The maximum atomic E-state index is 4.72. The minimum absolute atomic E-state index is 0.891. The summed E-state index contributed by atoms with van der Waals surface area (Å²) in [5.74, 6) is 0. The van der Waals surface area contributed by atoms with Crippen LogP contribution in [0.5, 0.6) is 0 Å². The van der Waals surface area contributed by atoms with Crippen molar-refractivity contribution in [1.29, 1.82) is 0 Å². The first-order chi connectivity index (χ1) is 9.13. The van der Waals surface area contributed by atoms with Crippen molar-refractivity contribution in [2.45, 2.75) is 26.8 Å². The third-order valence-electron chi connectivity index (χ3n) is 2.59. The highest BCUT2D eigenvalue weighted by atomic mass is 32.1. The molecular formula is C13H20N4S2. The van der Waals surface area contributed by atoms with Crippen LogP contribution in [0, 0.1) is 0 Å². The SMILES string of the molecule is CCNc1nc(-c2sc(CN(C)C)nc2CC)cs1. The largest absolute Gasteiger partial charge is 0.362 e. The number of nitrogens with one attached hydrogen (secondary N) is 1. The molecule has 6 heteroatoms. The van der Waals surface area contributed by atoms with E-state index >= 15 is 0 Å². The van der Waals surface area contributed by atoms with Crippen molar-refractivity contribution < 1.29 is 0 Å². The van der Waals surface area contributed by atoms with Gasteiger partial charge in [-0.2, -0.15) is 0 Å². The normalized spacial score (nSPS) is 11.2. The molecule has 0 fully saturated rings. The van der Waals surface area contributed by atoms with Gasteiger partial charge in [0.05, 0.1) is 16.3 Å². The van der Waals surface area contributed by atoms with Crippen LogP contribution in [0.1, 0.15) is 24.5 Å². The predicted octanol–water partition coefficient (Wildman–Crippen LogP) is 3.32. The van der Waals surface area contributed by atoms with Gasteiger partial charge in [-0.05, 0) is 27.4 Å². The topological polar surface area (TPSA) is 41.1 Å². The fraction of sp³-hybridized carbons (Fsp3) is 0.538. The van der Waals surface area contributed by atoms with Crippen molar-refractivity contribution in [1.82, 2.24) is 14.9 Å². The number of thiazole rings is 2. The van der Waals surface area contributed by atoms with E-state index in [0.717, 1.165) is 41.0 Å². The lowest BCUT2D eigenvalue weighted by Gasteiger charge is -2.04. The number of aromatic nitrogens is 2. The average molecular weight is 296 g/mol. The smallest absolute Gasteiger partial charge is 0.183 e. The molecule has 2 aromatic heterocycles. The van der Waals surface area contributed by atoms with Gasteiger partial charge < -0.3 is 10.2 Å². The molecule has 0 amide bonds. The van der Waals surface area contributed by atoms with Crippen molar-refractivity contribution in [2.24, 2.45) is 0 Å². The van der Waals surface area contributed by atoms with Gasteiger partial charge in [0.1, 0.15) is 5.01 Å². The quantitative estimate of drug-likeness (QED) is 0.888. The molecule has 2 heterocycles. The van der Waals surface area contributed by atoms with E-state index in [1.54, 1.807) is 22.7 Å². The Hall–Kier alpha value is -0.980. The van der Waals surface area contributed by atoms with Crippen LogP contribution in [0.25, 0.3) is 10.6 Å². The summed E-state index contributed by atoms with van der Waals surface area (Å²) in [6.45, 7) is 6.03. The molecule has 0 atom stereocenters. The van der Waals surface area contributed by atoms with E-state index in [1.807, 2.05) is 0 Å². The molecule has 0 aromatic carbocycles. The maximum absolute atomic E-state index is 4.72. The van der Waals surface area contributed by atoms with Gasteiger partial charge in [-0.3, -0.25) is 0 Å². The molecule has 0 aliphatic rings. The van der Waals surface area contributed by atoms with Gasteiger partial charge in [0.15, 0.2) is 5.13 Å². The molecule has 0 bridgehead atoms. The third-order valence-corrected chi connectivity index (χ3v) is 4.50. The molecule has 1 N–H and O–H groups in total. The first kappa shape index (κ1) is 14.4. The number of hydrogen-bond acceptors (Lipinski definition) is 6. The van der Waals surface area contributed by atoms with Crippen LogP contribution in [0.15, 0.2) is 5.38 Å². The molecule has 4 nitrogen and oxygen atoms in total. The van der Waals surface area contributed by atoms with E-state index in [-0.39, 0.29) is 0 Å². The summed E-state index contributed by atoms with van der Waals surface area (Å²) in [6, 6.07) is 0. The summed E-state index contributed by atoms with van der Waals surface area (Å²) in [5.41, 5.74) is 2.22. The van der Waals surface area contributed by atoms with Crippen LogP contribution >= 0.6 is 22.7 Å². The van der Waals surface area contributed by atoms with E-state index in [1.165, 1.54) is 4.88 Å². The second-order valence-electron chi connectivity index (χ2n) is 4.54. The van der Waals surface area contributed by atoms with E-state index in [9.17, 15) is 0 Å². The zero-order valence-electron chi connectivity index (χ0n) is 11.9. The lowest BCUT2D eigenvalue weighted by atomic mass is 10.2. The molecule has 0 aliphatic heterocycles. The number of anilines is 1. The molecule has 0 radical (unpaired) electrons. The fourth-order valence-electron chi connectivity index (χ4n) is 1.79. The number of hydrogen-bond donors (Lipinski definition) is 1. The Morgan fingerprint density at radius 3 is 2.68 bits per heavy atom. The highest BCUT2D eigenvalue weighted by Crippen LogP contribution is 2.33. The summed E-state index contributed by atoms with van der Waals surface area (Å²) in [5, 5.41) is 7.52. The Morgan fingerprint density at radius 1 is 1.26 bits per heavy atom. The van der Waals surface area contributed by atoms with Gasteiger partial charge in [0, 0.05) is 18.5 Å². The van der Waals surface area contributed by atoms with Crippen LogP contribution in [0.4, 0.5) is 5.13 Å². The second-order valence-corrected chi connectivity index (χ2v) is 6.48. The van der Waals surface area contributed by atoms with Crippen LogP contribution in [0.3, 0.4) is 0 Å². The van der Waals surface area contributed by atoms with Crippen LogP contribution in [-0.4, -0.2) is 35.5 Å². The number of aryl methyl sites for hydroxylation is 1. The average Bonchev–Trinajstić information content (AvgIpc) is 2.95. The summed E-state index contributed by atoms with van der Waals surface area (Å²) >= 11 is 3.42. The van der Waals surface area contributed by atoms with Crippen LogP contribution in [-0.2, 0) is 13.0 Å². The molecule has 2 aromatic rings. The summed E-state index contributed by atoms with van der Waals surface area (Å²) in [7, 11) is 4.14. The Labute approximate surface area is 122 Å². The van der Waals surface area contributed by atoms with Gasteiger partial charge in [0.2, 0.25) is 0 Å². The first-order valence-corrected chi connectivity index (χ1v) is 8.16. The van der Waals surface area contributed by atoms with E-state index < -0.39 is 0 Å². The van der Waals surface area contributed by atoms with Gasteiger partial charge in [0.25, 0.3) is 0 Å². The molecular weight excluding hydrogens is 276 g/mol. The summed E-state index contributed by atoms with van der Waals surface area (Å²) in [6.07, 6.45) is 0.952. The molecule has 104 valence electrons. The summed E-state index contributed by atoms with van der Waals surface area (Å²) < 4.78 is 0. The summed E-state index contributed by atoms with van der Waals surface area (Å²) in [4.78, 5) is 12.7. The van der Waals surface area contributed by atoms with Gasteiger partial charge in [-0.25, -0.2) is 9.97 Å². The molecule has 19 heavy (non-hydrogen) atoms. The van der Waals surface area contributed by atoms with Gasteiger partial charge in [-0.15, -0.1) is 22.7 Å². The van der Waals surface area contributed by atoms with Crippen LogP contribution in [0.2, 0.25) is 0 Å². The maximum Gasteiger partial charge on any atom is 0.183 e. The number of rotatable bonds is 6. The Kier molecular flexibility index (Phi) is 4.90. The first-order valence-electron chi connectivity index (χ1n) is 6.47. The lowest BCUT2D eigenvalue weighted by molar-refractivity contribution is 0.401. The fourth-order valence-corrected chi connectivity index (χ4v) is 3.87. The van der Waals surface area contributed by atoms with Gasteiger partial charge in [-0.1, -0.05) is 6.92 Å². The third kappa shape index (κ3) is 3.52. The van der Waals surface area contributed by atoms with E-state index in [2.05, 4.69) is 48.5 Å². The lowest BCUT2D eigenvalue weighted by Crippen LogP contribution is -2.10. The molecule has 0 saturated heterocycles. The molecule has 0 spiro atoms. The Balaban J connectivity index is 2.28. The molecule has 2 rings (SSSR count). The predicted molar refractivity (Wildman–Crippen MR) is 84.2 cm³/mol. The standard InChI is InChI=1S/C13H20N4S2/c1-5-9-12(19-11(15-9)7-17(3)4)10-8-18-13(16-10)14-6-2/h8H,5-7H2,1-4H3,(H,14,16). The van der Waals surface area contributed by atoms with Gasteiger partial charge >= 0.3 is 0 Å². The van der Waals surface area contributed by atoms with Crippen molar-refractivity contribution in [3.05, 3.63) is 16.1 Å². The van der Waals surface area contributed by atoms with Crippen molar-refractivity contribution in [3.8, 4) is 10.6 Å². The highest BCUT2D eigenvalue weighted by molar-refractivity contribution is 7.16. The minimum Gasteiger partial charge on any atom is -0.362 e. The minimum atomic E-state index is 0.891. The number of nitrogens with zero attached hydrogens (tertiary/aromatic N) is 3.